The van der Waals surface area contributed by atoms with E-state index in [1.54, 1.807) is 35.0 Å². The topological polar surface area (TPSA) is 106 Å². The number of fused-ring (bicyclic) bond motifs is 4. The molecule has 13 heteroatoms. The van der Waals surface area contributed by atoms with Gasteiger partial charge in [0.1, 0.15) is 17.3 Å². The summed E-state index contributed by atoms with van der Waals surface area (Å²) in [7, 11) is 0. The summed E-state index contributed by atoms with van der Waals surface area (Å²) in [6, 6.07) is 9.81. The zero-order valence-corrected chi connectivity index (χ0v) is 24.0. The SMILES string of the molecule is C=C1CCc2c(ccc(-c3nc(C4C5CC5c5nc(-c6cc(Cl)ccc6-n6cc(Cl)nn6)cc(=O)n54)[nH]c3F)c2Cl)N1. The van der Waals surface area contributed by atoms with Gasteiger partial charge in [-0.1, -0.05) is 46.6 Å². The van der Waals surface area contributed by atoms with E-state index in [9.17, 15) is 4.79 Å². The first-order chi connectivity index (χ1) is 20.3. The average molecular weight is 622 g/mol. The Morgan fingerprint density at radius 1 is 1.05 bits per heavy atom. The lowest BCUT2D eigenvalue weighted by molar-refractivity contribution is 0.500. The molecule has 2 N–H and O–H groups in total. The lowest BCUT2D eigenvalue weighted by Gasteiger charge is -2.22. The summed E-state index contributed by atoms with van der Waals surface area (Å²) in [4.78, 5) is 26.0. The van der Waals surface area contributed by atoms with Gasteiger partial charge in [0.05, 0.1) is 28.6 Å². The summed E-state index contributed by atoms with van der Waals surface area (Å²) in [6.07, 6.45) is 3.82. The van der Waals surface area contributed by atoms with Gasteiger partial charge in [-0.05, 0) is 61.1 Å². The number of hydrogen-bond donors (Lipinski definition) is 2. The Hall–Kier alpha value is -3.99. The predicted molar refractivity (Wildman–Crippen MR) is 158 cm³/mol. The van der Waals surface area contributed by atoms with Crippen molar-refractivity contribution in [3.63, 3.8) is 0 Å². The van der Waals surface area contributed by atoms with Crippen molar-refractivity contribution in [2.24, 2.45) is 5.92 Å². The Bertz CT molecular complexity index is 2030. The molecule has 2 aliphatic heterocycles. The van der Waals surface area contributed by atoms with Crippen molar-refractivity contribution < 1.29 is 4.39 Å². The molecule has 1 saturated carbocycles. The molecule has 8 rings (SSSR count). The summed E-state index contributed by atoms with van der Waals surface area (Å²) in [5.41, 5.74) is 4.71. The Morgan fingerprint density at radius 2 is 1.90 bits per heavy atom. The zero-order valence-electron chi connectivity index (χ0n) is 21.7. The number of benzene rings is 2. The molecule has 5 aromatic rings. The molecule has 3 atom stereocenters. The maximum atomic E-state index is 15.4. The predicted octanol–water partition coefficient (Wildman–Crippen LogP) is 6.56. The number of allylic oxidation sites excluding steroid dienone is 1. The Labute approximate surface area is 253 Å². The second-order valence-electron chi connectivity index (χ2n) is 10.8. The quantitative estimate of drug-likeness (QED) is 0.236. The lowest BCUT2D eigenvalue weighted by Crippen LogP contribution is -2.27. The molecular formula is C29H20Cl3FN8O. The molecule has 3 aromatic heterocycles. The van der Waals surface area contributed by atoms with Crippen LogP contribution in [0.15, 0.2) is 59.7 Å². The molecule has 0 amide bonds. The largest absolute Gasteiger partial charge is 0.359 e. The Kier molecular flexibility index (Phi) is 5.66. The molecule has 3 unspecified atom stereocenters. The van der Waals surface area contributed by atoms with Crippen molar-refractivity contribution >= 4 is 40.5 Å². The second kappa shape index (κ2) is 9.26. The smallest absolute Gasteiger partial charge is 0.254 e. The van der Waals surface area contributed by atoms with Gasteiger partial charge in [0.2, 0.25) is 5.95 Å². The highest BCUT2D eigenvalue weighted by atomic mass is 35.5. The molecule has 1 aliphatic carbocycles. The van der Waals surface area contributed by atoms with E-state index in [1.807, 2.05) is 6.07 Å². The van der Waals surface area contributed by atoms with Crippen LogP contribution in [-0.4, -0.2) is 34.5 Å². The monoisotopic (exact) mass is 620 g/mol. The lowest BCUT2D eigenvalue weighted by atomic mass is 9.98. The fourth-order valence-electron chi connectivity index (χ4n) is 6.22. The molecule has 5 heterocycles. The fraction of sp³-hybridized carbons (Fsp3) is 0.207. The number of anilines is 1. The summed E-state index contributed by atoms with van der Waals surface area (Å²) in [5, 5.41) is 12.3. The zero-order chi connectivity index (χ0) is 28.9. The number of imidazole rings is 1. The molecule has 0 saturated heterocycles. The summed E-state index contributed by atoms with van der Waals surface area (Å²) < 4.78 is 18.6. The third kappa shape index (κ3) is 3.93. The fourth-order valence-corrected chi connectivity index (χ4v) is 6.87. The third-order valence-corrected chi connectivity index (χ3v) is 9.07. The van der Waals surface area contributed by atoms with E-state index in [0.717, 1.165) is 29.8 Å². The second-order valence-corrected chi connectivity index (χ2v) is 12.0. The maximum Gasteiger partial charge on any atom is 0.254 e. The van der Waals surface area contributed by atoms with Crippen LogP contribution in [0.5, 0.6) is 0 Å². The number of nitrogens with one attached hydrogen (secondary N) is 2. The van der Waals surface area contributed by atoms with Crippen LogP contribution in [0.2, 0.25) is 15.2 Å². The molecule has 0 radical (unpaired) electrons. The molecule has 3 aliphatic rings. The van der Waals surface area contributed by atoms with Crippen molar-refractivity contribution in [3.8, 4) is 28.2 Å². The van der Waals surface area contributed by atoms with Crippen molar-refractivity contribution in [2.45, 2.75) is 31.2 Å². The van der Waals surface area contributed by atoms with Gasteiger partial charge < -0.3 is 10.3 Å². The maximum absolute atomic E-state index is 15.4. The van der Waals surface area contributed by atoms with Gasteiger partial charge in [-0.15, -0.1) is 5.10 Å². The summed E-state index contributed by atoms with van der Waals surface area (Å²) in [6.45, 7) is 3.99. The van der Waals surface area contributed by atoms with Crippen LogP contribution in [0.25, 0.3) is 28.2 Å². The van der Waals surface area contributed by atoms with Gasteiger partial charge >= 0.3 is 0 Å². The number of nitrogens with zero attached hydrogens (tertiary/aromatic N) is 6. The van der Waals surface area contributed by atoms with Gasteiger partial charge in [-0.3, -0.25) is 9.36 Å². The van der Waals surface area contributed by atoms with E-state index >= 15 is 4.39 Å². The first kappa shape index (κ1) is 25.7. The van der Waals surface area contributed by atoms with Crippen LogP contribution in [0.1, 0.15) is 42.0 Å². The Balaban J connectivity index is 1.20. The standard InChI is InChI=1S/C29H20Cl3FN8O/c1-12-2-4-14-19(34-12)6-5-15(24(14)32)25-27(33)37-28(36-25)26-16-9-17(16)29-35-20(10-23(42)41(26)29)18-8-13(30)3-7-21(18)40-11-22(31)38-39-40/h3,5-8,10-11,16-17,26,34H,1-2,4,9H2,(H,36,37). The number of hydrogen-bond acceptors (Lipinski definition) is 6. The van der Waals surface area contributed by atoms with Gasteiger partial charge in [-0.2, -0.15) is 4.39 Å². The average Bonchev–Trinajstić information content (AvgIpc) is 3.28. The van der Waals surface area contributed by atoms with Crippen molar-refractivity contribution in [3.05, 3.63) is 104 Å². The first-order valence-corrected chi connectivity index (χ1v) is 14.4. The molecular weight excluding hydrogens is 602 g/mol. The summed E-state index contributed by atoms with van der Waals surface area (Å²) >= 11 is 19.1. The van der Waals surface area contributed by atoms with Crippen molar-refractivity contribution in [1.29, 1.82) is 0 Å². The van der Waals surface area contributed by atoms with Gasteiger partial charge in [0.15, 0.2) is 5.15 Å². The number of rotatable bonds is 4. The Morgan fingerprint density at radius 3 is 2.71 bits per heavy atom. The number of aromatic amines is 1. The minimum atomic E-state index is -0.599. The van der Waals surface area contributed by atoms with Gasteiger partial charge in [0, 0.05) is 39.5 Å². The van der Waals surface area contributed by atoms with Crippen LogP contribution in [0.3, 0.4) is 0 Å². The van der Waals surface area contributed by atoms with Crippen LogP contribution >= 0.6 is 34.8 Å². The van der Waals surface area contributed by atoms with E-state index in [2.05, 4.69) is 32.2 Å². The highest BCUT2D eigenvalue weighted by Crippen LogP contribution is 2.60. The van der Waals surface area contributed by atoms with Crippen LogP contribution in [0, 0.1) is 11.9 Å². The van der Waals surface area contributed by atoms with E-state index in [1.165, 1.54) is 10.7 Å². The third-order valence-electron chi connectivity index (χ3n) is 8.23. The van der Waals surface area contributed by atoms with E-state index < -0.39 is 12.0 Å². The molecule has 0 bridgehead atoms. The van der Waals surface area contributed by atoms with Crippen molar-refractivity contribution in [2.75, 3.05) is 5.32 Å². The van der Waals surface area contributed by atoms with Crippen LogP contribution in [-0.2, 0) is 6.42 Å². The number of H-pyrrole nitrogens is 1. The molecule has 42 heavy (non-hydrogen) atoms. The summed E-state index contributed by atoms with van der Waals surface area (Å²) in [5.74, 6) is 0.520. The molecule has 210 valence electrons. The normalized spacial score (nSPS) is 20.2. The molecule has 1 fully saturated rings. The van der Waals surface area contributed by atoms with Crippen molar-refractivity contribution in [1.82, 2.24) is 34.5 Å². The van der Waals surface area contributed by atoms with Crippen LogP contribution < -0.4 is 10.9 Å². The molecule has 9 nitrogen and oxygen atoms in total. The number of aromatic nitrogens is 7. The van der Waals surface area contributed by atoms with Crippen LogP contribution in [0.4, 0.5) is 10.1 Å². The van der Waals surface area contributed by atoms with E-state index in [4.69, 9.17) is 39.8 Å². The molecule has 0 spiro atoms. The van der Waals surface area contributed by atoms with Gasteiger partial charge in [-0.25, -0.2) is 14.6 Å². The minimum absolute atomic E-state index is 0.0502. The highest BCUT2D eigenvalue weighted by molar-refractivity contribution is 6.34. The molecule has 2 aromatic carbocycles. The van der Waals surface area contributed by atoms with E-state index in [-0.39, 0.29) is 28.2 Å². The van der Waals surface area contributed by atoms with E-state index in [0.29, 0.717) is 50.6 Å². The highest BCUT2D eigenvalue weighted by Gasteiger charge is 2.55. The first-order valence-electron chi connectivity index (χ1n) is 13.3. The number of halogens is 4. The minimum Gasteiger partial charge on any atom is -0.359 e. The van der Waals surface area contributed by atoms with Gasteiger partial charge in [0.25, 0.3) is 5.56 Å².